The number of ether oxygens (including phenoxy) is 2. The molecule has 0 bridgehead atoms. The van der Waals surface area contributed by atoms with Crippen molar-refractivity contribution in [3.05, 3.63) is 73.6 Å². The van der Waals surface area contributed by atoms with Gasteiger partial charge in [-0.1, -0.05) is 0 Å². The van der Waals surface area contributed by atoms with Crippen LogP contribution in [-0.4, -0.2) is 52.7 Å². The molecule has 2 aliphatic heterocycles. The summed E-state index contributed by atoms with van der Waals surface area (Å²) in [6.45, 7) is 3.20. The van der Waals surface area contributed by atoms with E-state index in [-0.39, 0.29) is 33.5 Å². The molecule has 12 heteroatoms. The Labute approximate surface area is 202 Å². The van der Waals surface area contributed by atoms with Crippen molar-refractivity contribution < 1.29 is 33.1 Å². The second kappa shape index (κ2) is 8.64. The number of nitro benzene ring substituents is 1. The number of pyridine rings is 1. The molecule has 1 aromatic heterocycles. The highest BCUT2D eigenvalue weighted by atomic mass is 19.1. The number of hydrogen-bond donors (Lipinski definition) is 1. The molecule has 188 valence electrons. The number of benzene rings is 2. The normalized spacial score (nSPS) is 17.1. The van der Waals surface area contributed by atoms with Gasteiger partial charge in [0.1, 0.15) is 22.9 Å². The van der Waals surface area contributed by atoms with Crippen molar-refractivity contribution in [2.45, 2.75) is 25.6 Å². The molecule has 2 aliphatic rings. The number of nitro groups is 1. The molecule has 10 nitrogen and oxygen atoms in total. The lowest BCUT2D eigenvalue weighted by Crippen LogP contribution is -2.45. The standard InChI is InChI=1S/C24H21F2N3O7/c1-13-20-15(22(30)16(23(31)32)12-28(20)18-3-2-14(25)10-17(18)26)11-19(29(33)34)21(13)27-6-4-24(5-7-27)35-8-9-36-24/h2-3,10-12H,4-9H2,1H3,(H,31,32). The summed E-state index contributed by atoms with van der Waals surface area (Å²) >= 11 is 0. The van der Waals surface area contributed by atoms with Crippen LogP contribution in [0, 0.1) is 28.7 Å². The summed E-state index contributed by atoms with van der Waals surface area (Å²) in [5.41, 5.74) is -1.65. The van der Waals surface area contributed by atoms with Crippen molar-refractivity contribution in [1.29, 1.82) is 0 Å². The molecular weight excluding hydrogens is 480 g/mol. The topological polar surface area (TPSA) is 124 Å². The summed E-state index contributed by atoms with van der Waals surface area (Å²) in [5.74, 6) is -4.15. The van der Waals surface area contributed by atoms with E-state index in [0.29, 0.717) is 45.2 Å². The van der Waals surface area contributed by atoms with Crippen molar-refractivity contribution in [3.8, 4) is 5.69 Å². The molecule has 36 heavy (non-hydrogen) atoms. The summed E-state index contributed by atoms with van der Waals surface area (Å²) in [5, 5.41) is 21.4. The Balaban J connectivity index is 1.78. The van der Waals surface area contributed by atoms with Crippen LogP contribution >= 0.6 is 0 Å². The molecule has 3 heterocycles. The lowest BCUT2D eigenvalue weighted by atomic mass is 9.98. The van der Waals surface area contributed by atoms with Gasteiger partial charge < -0.3 is 24.0 Å². The van der Waals surface area contributed by atoms with Crippen LogP contribution in [-0.2, 0) is 9.47 Å². The summed E-state index contributed by atoms with van der Waals surface area (Å²) in [4.78, 5) is 38.1. The van der Waals surface area contributed by atoms with Gasteiger partial charge in [-0.15, -0.1) is 0 Å². The average molecular weight is 501 g/mol. The van der Waals surface area contributed by atoms with E-state index in [4.69, 9.17) is 9.47 Å². The number of carboxylic acids is 1. The smallest absolute Gasteiger partial charge is 0.341 e. The molecule has 5 rings (SSSR count). The fourth-order valence-corrected chi connectivity index (χ4v) is 5.07. The van der Waals surface area contributed by atoms with Crippen LogP contribution in [0.5, 0.6) is 0 Å². The third kappa shape index (κ3) is 3.78. The summed E-state index contributed by atoms with van der Waals surface area (Å²) < 4.78 is 41.0. The van der Waals surface area contributed by atoms with Gasteiger partial charge >= 0.3 is 5.97 Å². The van der Waals surface area contributed by atoms with Crippen molar-refractivity contribution in [3.63, 3.8) is 0 Å². The lowest BCUT2D eigenvalue weighted by molar-refractivity contribution is -0.384. The van der Waals surface area contributed by atoms with Crippen LogP contribution in [0.15, 0.2) is 35.3 Å². The van der Waals surface area contributed by atoms with Crippen LogP contribution in [0.25, 0.3) is 16.6 Å². The van der Waals surface area contributed by atoms with E-state index in [0.717, 1.165) is 29.0 Å². The molecule has 2 aromatic carbocycles. The van der Waals surface area contributed by atoms with Crippen LogP contribution in [0.2, 0.25) is 0 Å². The molecule has 0 aliphatic carbocycles. The lowest BCUT2D eigenvalue weighted by Gasteiger charge is -2.39. The van der Waals surface area contributed by atoms with Crippen molar-refractivity contribution in [2.24, 2.45) is 0 Å². The highest BCUT2D eigenvalue weighted by Gasteiger charge is 2.41. The Morgan fingerprint density at radius 2 is 1.83 bits per heavy atom. The summed E-state index contributed by atoms with van der Waals surface area (Å²) in [6.07, 6.45) is 1.87. The third-order valence-corrected chi connectivity index (χ3v) is 6.73. The zero-order chi connectivity index (χ0) is 25.8. The predicted octanol–water partition coefficient (Wildman–Crippen LogP) is 3.53. The fourth-order valence-electron chi connectivity index (χ4n) is 5.07. The van der Waals surface area contributed by atoms with E-state index in [1.165, 1.54) is 0 Å². The van der Waals surface area contributed by atoms with Gasteiger partial charge in [0.05, 0.1) is 34.7 Å². The van der Waals surface area contributed by atoms with Gasteiger partial charge in [-0.25, -0.2) is 13.6 Å². The fraction of sp³-hybridized carbons (Fsp3) is 0.333. The maximum absolute atomic E-state index is 14.8. The van der Waals surface area contributed by atoms with E-state index in [1.807, 2.05) is 0 Å². The van der Waals surface area contributed by atoms with Crippen molar-refractivity contribution >= 4 is 28.2 Å². The van der Waals surface area contributed by atoms with Crippen molar-refractivity contribution in [1.82, 2.24) is 4.57 Å². The molecule has 0 saturated carbocycles. The number of nitrogens with zero attached hydrogens (tertiary/aromatic N) is 3. The minimum absolute atomic E-state index is 0.0877. The Kier molecular flexibility index (Phi) is 5.72. The molecule has 0 atom stereocenters. The van der Waals surface area contributed by atoms with Crippen LogP contribution in [0.3, 0.4) is 0 Å². The molecule has 0 amide bonds. The summed E-state index contributed by atoms with van der Waals surface area (Å²) in [6, 6.07) is 3.76. The first-order valence-electron chi connectivity index (χ1n) is 11.2. The second-order valence-corrected chi connectivity index (χ2v) is 8.76. The SMILES string of the molecule is Cc1c(N2CCC3(CC2)OCCO3)c([N+](=O)[O-])cc2c(=O)c(C(=O)O)cn(-c3ccc(F)cc3F)c12. The molecule has 2 saturated heterocycles. The Bertz CT molecular complexity index is 1470. The number of rotatable bonds is 4. The highest BCUT2D eigenvalue weighted by molar-refractivity contribution is 5.98. The first-order chi connectivity index (χ1) is 17.1. The molecule has 3 aromatic rings. The van der Waals surface area contributed by atoms with Gasteiger partial charge in [0.15, 0.2) is 5.79 Å². The molecule has 2 fully saturated rings. The number of aromatic nitrogens is 1. The number of anilines is 1. The highest BCUT2D eigenvalue weighted by Crippen LogP contribution is 2.41. The minimum Gasteiger partial charge on any atom is -0.477 e. The zero-order valence-electron chi connectivity index (χ0n) is 19.1. The zero-order valence-corrected chi connectivity index (χ0v) is 19.1. The molecule has 1 spiro atoms. The monoisotopic (exact) mass is 501 g/mol. The van der Waals surface area contributed by atoms with E-state index < -0.39 is 39.3 Å². The number of piperidine rings is 1. The number of carboxylic acid groups (broad SMARTS) is 1. The number of hydrogen-bond acceptors (Lipinski definition) is 7. The third-order valence-electron chi connectivity index (χ3n) is 6.73. The Morgan fingerprint density at radius 1 is 1.17 bits per heavy atom. The number of halogens is 2. The molecular formula is C24H21F2N3O7. The molecule has 0 unspecified atom stereocenters. The number of aryl methyl sites for hydroxylation is 1. The molecule has 1 N–H and O–H groups in total. The number of aromatic carboxylic acids is 1. The summed E-state index contributed by atoms with van der Waals surface area (Å²) in [7, 11) is 0. The maximum atomic E-state index is 14.8. The van der Waals surface area contributed by atoms with Crippen LogP contribution in [0.1, 0.15) is 28.8 Å². The van der Waals surface area contributed by atoms with Gasteiger partial charge in [0.25, 0.3) is 5.69 Å². The Hall–Kier alpha value is -3.90. The number of fused-ring (bicyclic) bond motifs is 1. The first kappa shape index (κ1) is 23.8. The van der Waals surface area contributed by atoms with Gasteiger partial charge in [0, 0.05) is 49.8 Å². The Morgan fingerprint density at radius 3 is 2.42 bits per heavy atom. The molecule has 0 radical (unpaired) electrons. The quantitative estimate of drug-likeness (QED) is 0.425. The predicted molar refractivity (Wildman–Crippen MR) is 124 cm³/mol. The van der Waals surface area contributed by atoms with E-state index in [2.05, 4.69) is 0 Å². The van der Waals surface area contributed by atoms with Gasteiger partial charge in [-0.2, -0.15) is 0 Å². The first-order valence-corrected chi connectivity index (χ1v) is 11.2. The number of carbonyl (C=O) groups is 1. The average Bonchev–Trinajstić information content (AvgIpc) is 3.28. The largest absolute Gasteiger partial charge is 0.477 e. The van der Waals surface area contributed by atoms with Crippen LogP contribution < -0.4 is 10.3 Å². The van der Waals surface area contributed by atoms with Gasteiger partial charge in [-0.05, 0) is 19.1 Å². The maximum Gasteiger partial charge on any atom is 0.341 e. The van der Waals surface area contributed by atoms with E-state index in [1.54, 1.807) is 11.8 Å². The van der Waals surface area contributed by atoms with Gasteiger partial charge in [-0.3, -0.25) is 14.9 Å². The minimum atomic E-state index is -1.58. The van der Waals surface area contributed by atoms with Crippen molar-refractivity contribution in [2.75, 3.05) is 31.2 Å². The van der Waals surface area contributed by atoms with E-state index >= 15 is 0 Å². The van der Waals surface area contributed by atoms with E-state index in [9.17, 15) is 33.6 Å². The van der Waals surface area contributed by atoms with Crippen LogP contribution in [0.4, 0.5) is 20.2 Å². The second-order valence-electron chi connectivity index (χ2n) is 8.76. The van der Waals surface area contributed by atoms with Gasteiger partial charge in [0.2, 0.25) is 5.43 Å².